The molecule has 176 valence electrons. The summed E-state index contributed by atoms with van der Waals surface area (Å²) in [5.74, 6) is 0.0162. The molecule has 4 rings (SSSR count). The Morgan fingerprint density at radius 3 is 2.48 bits per heavy atom. The van der Waals surface area contributed by atoms with Gasteiger partial charge in [0.25, 0.3) is 0 Å². The minimum Gasteiger partial charge on any atom is -0.478 e. The number of aromatic nitrogens is 2. The van der Waals surface area contributed by atoms with Crippen molar-refractivity contribution in [3.8, 4) is 5.75 Å². The Bertz CT molecular complexity index is 1170. The molecule has 1 aliphatic rings. The maximum Gasteiger partial charge on any atom is 0.573 e. The van der Waals surface area contributed by atoms with E-state index in [-0.39, 0.29) is 22.8 Å². The van der Waals surface area contributed by atoms with Gasteiger partial charge < -0.3 is 14.4 Å². The first-order chi connectivity index (χ1) is 15.4. The molecule has 1 saturated carbocycles. The summed E-state index contributed by atoms with van der Waals surface area (Å²) in [5, 5.41) is 9.39. The first-order valence-corrected chi connectivity index (χ1v) is 11.0. The van der Waals surface area contributed by atoms with Crippen LogP contribution in [0.5, 0.6) is 5.75 Å². The molecule has 2 atom stereocenters. The standard InChI is InChI=1S/C25H27F3N2O3/c1-15-10-18(14-24(2,3)13-15)30-21-9-6-17(23(31)32)12-20(21)29-22(30)11-16-4-7-19(8-5-16)33-25(26,27)28/h4-9,12,15,18H,10-11,13-14H2,1-3H3,(H,31,32)/t15?,18-/m1/s1. The topological polar surface area (TPSA) is 64.4 Å². The third-order valence-electron chi connectivity index (χ3n) is 6.26. The number of rotatable bonds is 5. The molecule has 1 aromatic heterocycles. The first-order valence-electron chi connectivity index (χ1n) is 11.0. The van der Waals surface area contributed by atoms with Crippen LogP contribution in [0.2, 0.25) is 0 Å². The van der Waals surface area contributed by atoms with Gasteiger partial charge >= 0.3 is 12.3 Å². The summed E-state index contributed by atoms with van der Waals surface area (Å²) in [5.41, 5.74) is 2.61. The molecule has 1 N–H and O–H groups in total. The third-order valence-corrected chi connectivity index (χ3v) is 6.26. The fourth-order valence-electron chi connectivity index (χ4n) is 5.30. The van der Waals surface area contributed by atoms with Crippen LogP contribution < -0.4 is 4.74 Å². The second kappa shape index (κ2) is 8.39. The van der Waals surface area contributed by atoms with Crippen molar-refractivity contribution in [1.82, 2.24) is 9.55 Å². The van der Waals surface area contributed by atoms with E-state index in [1.54, 1.807) is 24.3 Å². The maximum absolute atomic E-state index is 12.5. The Labute approximate surface area is 190 Å². The molecule has 0 aliphatic heterocycles. The molecule has 1 fully saturated rings. The molecule has 5 nitrogen and oxygen atoms in total. The van der Waals surface area contributed by atoms with Gasteiger partial charge in [-0.1, -0.05) is 32.9 Å². The number of alkyl halides is 3. The van der Waals surface area contributed by atoms with Crippen LogP contribution in [0.15, 0.2) is 42.5 Å². The summed E-state index contributed by atoms with van der Waals surface area (Å²) >= 11 is 0. The van der Waals surface area contributed by atoms with Gasteiger partial charge in [-0.3, -0.25) is 0 Å². The average Bonchev–Trinajstić information content (AvgIpc) is 3.03. The van der Waals surface area contributed by atoms with Crippen molar-refractivity contribution >= 4 is 17.0 Å². The minimum atomic E-state index is -4.73. The van der Waals surface area contributed by atoms with Crippen LogP contribution in [0, 0.1) is 11.3 Å². The second-order valence-corrected chi connectivity index (χ2v) is 9.84. The van der Waals surface area contributed by atoms with Gasteiger partial charge in [-0.2, -0.15) is 0 Å². The average molecular weight is 460 g/mol. The van der Waals surface area contributed by atoms with Crippen molar-refractivity contribution in [3.05, 3.63) is 59.4 Å². The summed E-state index contributed by atoms with van der Waals surface area (Å²) in [6.45, 7) is 6.77. The number of aromatic carboxylic acids is 1. The number of fused-ring (bicyclic) bond motifs is 1. The molecule has 0 radical (unpaired) electrons. The first kappa shape index (κ1) is 23.1. The van der Waals surface area contributed by atoms with Gasteiger partial charge in [0.1, 0.15) is 11.6 Å². The number of hydrogen-bond acceptors (Lipinski definition) is 3. The normalized spacial score (nSPS) is 20.7. The Balaban J connectivity index is 1.73. The molecule has 8 heteroatoms. The van der Waals surface area contributed by atoms with E-state index in [0.29, 0.717) is 17.9 Å². The van der Waals surface area contributed by atoms with Crippen molar-refractivity contribution < 1.29 is 27.8 Å². The van der Waals surface area contributed by atoms with Crippen LogP contribution in [0.25, 0.3) is 11.0 Å². The third kappa shape index (κ3) is 5.31. The molecular formula is C25H27F3N2O3. The zero-order valence-electron chi connectivity index (χ0n) is 18.8. The molecule has 1 aliphatic carbocycles. The molecule has 2 aromatic carbocycles. The highest BCUT2D eigenvalue weighted by atomic mass is 19.4. The summed E-state index contributed by atoms with van der Waals surface area (Å²) in [6, 6.07) is 11.0. The molecule has 33 heavy (non-hydrogen) atoms. The Hall–Kier alpha value is -3.03. The van der Waals surface area contributed by atoms with Gasteiger partial charge in [-0.15, -0.1) is 13.2 Å². The minimum absolute atomic E-state index is 0.160. The zero-order valence-corrected chi connectivity index (χ0v) is 18.8. The lowest BCUT2D eigenvalue weighted by molar-refractivity contribution is -0.274. The van der Waals surface area contributed by atoms with Crippen LogP contribution >= 0.6 is 0 Å². The van der Waals surface area contributed by atoms with Crippen LogP contribution in [0.4, 0.5) is 13.2 Å². The van der Waals surface area contributed by atoms with Crippen LogP contribution in [-0.4, -0.2) is 27.0 Å². The largest absolute Gasteiger partial charge is 0.573 e. The van der Waals surface area contributed by atoms with Gasteiger partial charge in [0, 0.05) is 12.5 Å². The Morgan fingerprint density at radius 2 is 1.88 bits per heavy atom. The second-order valence-electron chi connectivity index (χ2n) is 9.84. The summed E-state index contributed by atoms with van der Waals surface area (Å²) in [7, 11) is 0. The lowest BCUT2D eigenvalue weighted by atomic mass is 9.70. The molecule has 0 amide bonds. The van der Waals surface area contributed by atoms with E-state index >= 15 is 0 Å². The fourth-order valence-corrected chi connectivity index (χ4v) is 5.30. The van der Waals surface area contributed by atoms with Gasteiger partial charge in [0.2, 0.25) is 0 Å². The molecule has 0 spiro atoms. The smallest absolute Gasteiger partial charge is 0.478 e. The zero-order chi connectivity index (χ0) is 24.0. The quantitative estimate of drug-likeness (QED) is 0.465. The number of hydrogen-bond donors (Lipinski definition) is 1. The number of carboxylic acids is 1. The van der Waals surface area contributed by atoms with Crippen molar-refractivity contribution in [3.63, 3.8) is 0 Å². The number of halogens is 3. The van der Waals surface area contributed by atoms with E-state index in [1.807, 2.05) is 6.07 Å². The van der Waals surface area contributed by atoms with Crippen molar-refractivity contribution in [2.75, 3.05) is 0 Å². The molecule has 1 unspecified atom stereocenters. The van der Waals surface area contributed by atoms with Crippen molar-refractivity contribution in [2.45, 2.75) is 58.9 Å². The lowest BCUT2D eigenvalue weighted by Gasteiger charge is -2.40. The van der Waals surface area contributed by atoms with Crippen LogP contribution in [-0.2, 0) is 6.42 Å². The predicted molar refractivity (Wildman–Crippen MR) is 118 cm³/mol. The highest BCUT2D eigenvalue weighted by Crippen LogP contribution is 2.45. The van der Waals surface area contributed by atoms with E-state index in [1.165, 1.54) is 12.1 Å². The van der Waals surface area contributed by atoms with Crippen LogP contribution in [0.3, 0.4) is 0 Å². The van der Waals surface area contributed by atoms with Crippen molar-refractivity contribution in [1.29, 1.82) is 0 Å². The van der Waals surface area contributed by atoms with E-state index in [0.717, 1.165) is 36.2 Å². The predicted octanol–water partition coefficient (Wildman–Crippen LogP) is 6.61. The van der Waals surface area contributed by atoms with E-state index < -0.39 is 12.3 Å². The summed E-state index contributed by atoms with van der Waals surface area (Å²) in [6.07, 6.45) is -1.23. The number of carboxylic acid groups (broad SMARTS) is 1. The van der Waals surface area contributed by atoms with Crippen molar-refractivity contribution in [2.24, 2.45) is 11.3 Å². The van der Waals surface area contributed by atoms with E-state index in [4.69, 9.17) is 4.98 Å². The molecule has 1 heterocycles. The highest BCUT2D eigenvalue weighted by Gasteiger charge is 2.35. The van der Waals surface area contributed by atoms with Gasteiger partial charge in [0.15, 0.2) is 0 Å². The number of carbonyl (C=O) groups is 1. The number of ether oxygens (including phenoxy) is 1. The summed E-state index contributed by atoms with van der Waals surface area (Å²) in [4.78, 5) is 16.2. The summed E-state index contributed by atoms with van der Waals surface area (Å²) < 4.78 is 43.6. The Kier molecular flexibility index (Phi) is 5.88. The number of nitrogens with zero attached hydrogens (tertiary/aromatic N) is 2. The fraction of sp³-hybridized carbons (Fsp3) is 0.440. The molecular weight excluding hydrogens is 433 g/mol. The lowest BCUT2D eigenvalue weighted by Crippen LogP contribution is -2.30. The molecule has 3 aromatic rings. The highest BCUT2D eigenvalue weighted by molar-refractivity contribution is 5.92. The van der Waals surface area contributed by atoms with Gasteiger partial charge in [-0.05, 0) is 66.5 Å². The number of benzene rings is 2. The number of imidazole rings is 1. The van der Waals surface area contributed by atoms with Gasteiger partial charge in [-0.25, -0.2) is 9.78 Å². The van der Waals surface area contributed by atoms with Gasteiger partial charge in [0.05, 0.1) is 16.6 Å². The molecule has 0 saturated heterocycles. The monoisotopic (exact) mass is 460 g/mol. The SMILES string of the molecule is CC1C[C@@H](n2c(Cc3ccc(OC(F)(F)F)cc3)nc3cc(C(=O)O)ccc32)CC(C)(C)C1. The molecule has 0 bridgehead atoms. The van der Waals surface area contributed by atoms with Crippen LogP contribution in [0.1, 0.15) is 67.8 Å². The maximum atomic E-state index is 12.5. The van der Waals surface area contributed by atoms with E-state index in [9.17, 15) is 23.1 Å². The van der Waals surface area contributed by atoms with E-state index in [2.05, 4.69) is 30.1 Å². The Morgan fingerprint density at radius 1 is 1.18 bits per heavy atom.